The van der Waals surface area contributed by atoms with Gasteiger partial charge in [-0.2, -0.15) is 0 Å². The van der Waals surface area contributed by atoms with Crippen molar-refractivity contribution >= 4 is 56.1 Å². The van der Waals surface area contributed by atoms with Gasteiger partial charge in [0.2, 0.25) is 0 Å². The molecule has 4 rings (SSSR count). The van der Waals surface area contributed by atoms with E-state index in [2.05, 4.69) is 16.0 Å². The second kappa shape index (κ2) is 7.98. The number of non-ortho nitro benzene ring substituents is 1. The number of nitro benzene ring substituents is 1. The Balaban J connectivity index is 1.59. The summed E-state index contributed by atoms with van der Waals surface area (Å²) < 4.78 is 1.10. The van der Waals surface area contributed by atoms with Gasteiger partial charge in [-0.15, -0.1) is 11.3 Å². The lowest BCUT2D eigenvalue weighted by molar-refractivity contribution is -0.384. The fourth-order valence-corrected chi connectivity index (χ4v) is 5.12. The average molecular weight is 443 g/mol. The Bertz CT molecular complexity index is 1130. The van der Waals surface area contributed by atoms with Gasteiger partial charge < -0.3 is 15.7 Å². The van der Waals surface area contributed by atoms with Gasteiger partial charge in [0, 0.05) is 28.4 Å². The number of benzene rings is 2. The molecule has 4 N–H and O–H groups in total. The summed E-state index contributed by atoms with van der Waals surface area (Å²) in [4.78, 5) is 22.7. The first kappa shape index (κ1) is 20.2. The lowest BCUT2D eigenvalue weighted by Gasteiger charge is -2.33. The number of carboxylic acid groups (broad SMARTS) is 1. The van der Waals surface area contributed by atoms with Crippen molar-refractivity contribution in [2.24, 2.45) is 0 Å². The molecule has 2 atom stereocenters. The number of carbonyl (C=O) groups is 1. The molecule has 1 aromatic heterocycles. The molecule has 0 bridgehead atoms. The zero-order chi connectivity index (χ0) is 21.3. The number of fused-ring (bicyclic) bond motifs is 1. The maximum Gasteiger partial charge on any atom is 0.345 e. The van der Waals surface area contributed by atoms with Crippen LogP contribution in [0.25, 0.3) is 10.1 Å². The second-order valence-electron chi connectivity index (χ2n) is 6.95. The first-order valence-corrected chi connectivity index (χ1v) is 10.5. The quantitative estimate of drug-likeness (QED) is 0.269. The minimum Gasteiger partial charge on any atom is -0.478 e. The summed E-state index contributed by atoms with van der Waals surface area (Å²) in [6, 6.07) is 13.7. The van der Waals surface area contributed by atoms with Gasteiger partial charge in [0.15, 0.2) is 10.8 Å². The predicted octanol–water partition coefficient (Wildman–Crippen LogP) is 3.65. The molecular formula is C20H18N4O4S2. The van der Waals surface area contributed by atoms with Crippen LogP contribution in [-0.4, -0.2) is 33.3 Å². The van der Waals surface area contributed by atoms with Gasteiger partial charge >= 0.3 is 5.97 Å². The molecule has 3 aromatic rings. The number of anilines is 1. The van der Waals surface area contributed by atoms with Crippen molar-refractivity contribution in [2.45, 2.75) is 18.0 Å². The largest absolute Gasteiger partial charge is 0.478 e. The topological polar surface area (TPSA) is 117 Å². The molecular weight excluding hydrogens is 424 g/mol. The van der Waals surface area contributed by atoms with Crippen LogP contribution in [0.4, 0.5) is 11.4 Å². The molecule has 1 aliphatic heterocycles. The number of nitro groups is 1. The van der Waals surface area contributed by atoms with E-state index in [0.29, 0.717) is 18.7 Å². The van der Waals surface area contributed by atoms with E-state index in [1.165, 1.54) is 24.3 Å². The number of thiocarbonyl (C=S) groups is 1. The number of nitrogens with zero attached hydrogens (tertiary/aromatic N) is 1. The lowest BCUT2D eigenvalue weighted by Crippen LogP contribution is -2.64. The van der Waals surface area contributed by atoms with Crippen molar-refractivity contribution in [3.05, 3.63) is 69.6 Å². The van der Waals surface area contributed by atoms with Crippen molar-refractivity contribution in [1.29, 1.82) is 0 Å². The van der Waals surface area contributed by atoms with Crippen LogP contribution in [0.2, 0.25) is 0 Å². The van der Waals surface area contributed by atoms with Crippen LogP contribution in [0.15, 0.2) is 53.9 Å². The van der Waals surface area contributed by atoms with E-state index in [0.717, 1.165) is 15.6 Å². The van der Waals surface area contributed by atoms with Crippen LogP contribution < -0.4 is 16.0 Å². The minimum atomic E-state index is -1.46. The zero-order valence-electron chi connectivity index (χ0n) is 15.6. The smallest absolute Gasteiger partial charge is 0.345 e. The fourth-order valence-electron chi connectivity index (χ4n) is 3.83. The van der Waals surface area contributed by atoms with Crippen LogP contribution in [0, 0.1) is 10.1 Å². The standard InChI is InChI=1S/C20H18N4O4S2/c25-18(26)20(23-19(29)22-12-5-7-13(8-6-12)24(27)28)16(9-10-21-20)15-11-30-17-4-2-1-3-14(15)17/h1-8,11,16,21H,9-10H2,(H,25,26)(H2,22,23,29)/t16?,20-/m1/s1. The fraction of sp³-hybridized carbons (Fsp3) is 0.200. The third-order valence-corrected chi connectivity index (χ3v) is 6.42. The SMILES string of the molecule is O=C(O)[C@@]1(NC(=S)Nc2ccc([N+](=O)[O-])cc2)NCCC1c1csc2ccccc12. The summed E-state index contributed by atoms with van der Waals surface area (Å²) in [7, 11) is 0. The van der Waals surface area contributed by atoms with Crippen LogP contribution in [0.3, 0.4) is 0 Å². The van der Waals surface area contributed by atoms with E-state index in [1.807, 2.05) is 29.6 Å². The lowest BCUT2D eigenvalue weighted by atomic mass is 9.86. The molecule has 0 aliphatic carbocycles. The number of carboxylic acids is 1. The van der Waals surface area contributed by atoms with Crippen molar-refractivity contribution < 1.29 is 14.8 Å². The van der Waals surface area contributed by atoms with Crippen LogP contribution in [0.1, 0.15) is 17.9 Å². The molecule has 10 heteroatoms. The molecule has 1 fully saturated rings. The van der Waals surface area contributed by atoms with E-state index < -0.39 is 16.6 Å². The number of rotatable bonds is 5. The Hall–Kier alpha value is -3.08. The minimum absolute atomic E-state index is 0.0386. The van der Waals surface area contributed by atoms with E-state index in [9.17, 15) is 20.0 Å². The van der Waals surface area contributed by atoms with Gasteiger partial charge in [0.25, 0.3) is 5.69 Å². The molecule has 1 aliphatic rings. The van der Waals surface area contributed by atoms with Gasteiger partial charge in [0.1, 0.15) is 0 Å². The number of aliphatic carboxylic acids is 1. The van der Waals surface area contributed by atoms with Gasteiger partial charge in [-0.05, 0) is 59.7 Å². The van der Waals surface area contributed by atoms with Gasteiger partial charge in [-0.1, -0.05) is 18.2 Å². The highest BCUT2D eigenvalue weighted by molar-refractivity contribution is 7.80. The normalized spacial score (nSPS) is 20.7. The Morgan fingerprint density at radius 3 is 2.70 bits per heavy atom. The molecule has 30 heavy (non-hydrogen) atoms. The van der Waals surface area contributed by atoms with E-state index >= 15 is 0 Å². The molecule has 2 aromatic carbocycles. The third kappa shape index (κ3) is 3.60. The highest BCUT2D eigenvalue weighted by Crippen LogP contribution is 2.40. The summed E-state index contributed by atoms with van der Waals surface area (Å²) >= 11 is 6.96. The summed E-state index contributed by atoms with van der Waals surface area (Å²) in [5, 5.41) is 33.1. The van der Waals surface area contributed by atoms with Crippen molar-refractivity contribution in [3.63, 3.8) is 0 Å². The molecule has 8 nitrogen and oxygen atoms in total. The summed E-state index contributed by atoms with van der Waals surface area (Å²) in [5.74, 6) is -1.38. The molecule has 0 amide bonds. The Kier molecular flexibility index (Phi) is 5.37. The number of thiophene rings is 1. The molecule has 2 heterocycles. The van der Waals surface area contributed by atoms with Gasteiger partial charge in [-0.25, -0.2) is 4.79 Å². The first-order valence-electron chi connectivity index (χ1n) is 9.19. The monoisotopic (exact) mass is 442 g/mol. The molecule has 0 saturated carbocycles. The Morgan fingerprint density at radius 1 is 1.27 bits per heavy atom. The molecule has 1 saturated heterocycles. The maximum atomic E-state index is 12.4. The van der Waals surface area contributed by atoms with Crippen LogP contribution in [0.5, 0.6) is 0 Å². The van der Waals surface area contributed by atoms with E-state index in [-0.39, 0.29) is 16.7 Å². The maximum absolute atomic E-state index is 12.4. The summed E-state index contributed by atoms with van der Waals surface area (Å²) in [6.07, 6.45) is 0.639. The predicted molar refractivity (Wildman–Crippen MR) is 120 cm³/mol. The number of nitrogens with one attached hydrogen (secondary N) is 3. The van der Waals surface area contributed by atoms with E-state index in [1.54, 1.807) is 11.3 Å². The molecule has 154 valence electrons. The summed E-state index contributed by atoms with van der Waals surface area (Å²) in [5.41, 5.74) is -0.0135. The number of hydrogen-bond donors (Lipinski definition) is 4. The van der Waals surface area contributed by atoms with Crippen LogP contribution in [-0.2, 0) is 4.79 Å². The van der Waals surface area contributed by atoms with Crippen molar-refractivity contribution in [2.75, 3.05) is 11.9 Å². The number of hydrogen-bond acceptors (Lipinski definition) is 6. The third-order valence-electron chi connectivity index (χ3n) is 5.23. The van der Waals surface area contributed by atoms with Crippen molar-refractivity contribution in [1.82, 2.24) is 10.6 Å². The summed E-state index contributed by atoms with van der Waals surface area (Å²) in [6.45, 7) is 0.522. The van der Waals surface area contributed by atoms with Crippen molar-refractivity contribution in [3.8, 4) is 0 Å². The molecule has 1 unspecified atom stereocenters. The Morgan fingerprint density at radius 2 is 2.00 bits per heavy atom. The highest BCUT2D eigenvalue weighted by atomic mass is 32.1. The average Bonchev–Trinajstić information content (AvgIpc) is 3.32. The Labute approximate surface area is 181 Å². The van der Waals surface area contributed by atoms with Crippen LogP contribution >= 0.6 is 23.6 Å². The van der Waals surface area contributed by atoms with E-state index in [4.69, 9.17) is 12.2 Å². The molecule has 0 spiro atoms. The van der Waals surface area contributed by atoms with Gasteiger partial charge in [0.05, 0.1) is 4.92 Å². The first-order chi connectivity index (χ1) is 14.4. The van der Waals surface area contributed by atoms with Gasteiger partial charge in [-0.3, -0.25) is 15.4 Å². The second-order valence-corrected chi connectivity index (χ2v) is 8.27. The molecule has 0 radical (unpaired) electrons. The highest BCUT2D eigenvalue weighted by Gasteiger charge is 2.51. The zero-order valence-corrected chi connectivity index (χ0v) is 17.3.